The van der Waals surface area contributed by atoms with E-state index in [0.717, 1.165) is 0 Å². The number of carboxylic acid groups (broad SMARTS) is 1. The average Bonchev–Trinajstić information content (AvgIpc) is 3.59. The summed E-state index contributed by atoms with van der Waals surface area (Å²) in [4.78, 5) is 98.9. The Hall–Kier alpha value is -6.74. The second-order valence-electron chi connectivity index (χ2n) is 14.1. The van der Waals surface area contributed by atoms with Gasteiger partial charge in [-0.15, -0.1) is 0 Å². The molecule has 320 valence electrons. The molecule has 17 N–H and O–H groups in total. The van der Waals surface area contributed by atoms with Gasteiger partial charge in [0.1, 0.15) is 36.0 Å². The number of rotatable bonds is 23. The summed E-state index contributed by atoms with van der Waals surface area (Å²) in [5, 5.41) is 42.4. The van der Waals surface area contributed by atoms with Gasteiger partial charge in [0.15, 0.2) is 5.96 Å². The monoisotopic (exact) mass is 823 g/mol. The molecule has 1 heterocycles. The van der Waals surface area contributed by atoms with E-state index < -0.39 is 90.7 Å². The fourth-order valence-corrected chi connectivity index (χ4v) is 5.83. The first-order valence-corrected chi connectivity index (χ1v) is 18.7. The lowest BCUT2D eigenvalue weighted by Gasteiger charge is -2.27. The van der Waals surface area contributed by atoms with Crippen LogP contribution in [0.15, 0.2) is 59.7 Å². The van der Waals surface area contributed by atoms with Crippen molar-refractivity contribution in [2.45, 2.75) is 82.2 Å². The first-order valence-electron chi connectivity index (χ1n) is 18.7. The molecule has 21 nitrogen and oxygen atoms in total. The second kappa shape index (κ2) is 22.3. The number of aromatic hydroxyl groups is 1. The Balaban J connectivity index is 1.90. The Bertz CT molecular complexity index is 1980. The topological polar surface area (TPSA) is 373 Å². The number of benzene rings is 2. The van der Waals surface area contributed by atoms with Gasteiger partial charge in [0.05, 0.1) is 19.1 Å². The number of carbonyl (C=O) groups excluding carboxylic acids is 6. The van der Waals surface area contributed by atoms with Crippen molar-refractivity contribution in [2.24, 2.45) is 33.8 Å². The number of fused-ring (bicyclic) bond motifs is 1. The van der Waals surface area contributed by atoms with Crippen molar-refractivity contribution >= 4 is 58.3 Å². The minimum atomic E-state index is -1.72. The van der Waals surface area contributed by atoms with E-state index in [1.54, 1.807) is 44.3 Å². The third-order valence-electron chi connectivity index (χ3n) is 9.18. The molecular weight excluding hydrogens is 770 g/mol. The number of hydrogen-bond acceptors (Lipinski definition) is 11. The van der Waals surface area contributed by atoms with Gasteiger partial charge in [-0.05, 0) is 48.1 Å². The highest BCUT2D eigenvalue weighted by Crippen LogP contribution is 2.20. The molecule has 0 saturated heterocycles. The molecule has 59 heavy (non-hydrogen) atoms. The lowest BCUT2D eigenvalue weighted by Crippen LogP contribution is -2.60. The Morgan fingerprint density at radius 3 is 1.90 bits per heavy atom. The van der Waals surface area contributed by atoms with Gasteiger partial charge in [0.2, 0.25) is 35.4 Å². The maximum Gasteiger partial charge on any atom is 0.326 e. The summed E-state index contributed by atoms with van der Waals surface area (Å²) < 4.78 is 0. The van der Waals surface area contributed by atoms with Crippen molar-refractivity contribution in [3.05, 3.63) is 65.9 Å². The number of aromatic nitrogens is 1. The number of amides is 6. The number of carboxylic acids is 1. The van der Waals surface area contributed by atoms with Crippen LogP contribution in [0, 0.1) is 5.92 Å². The Morgan fingerprint density at radius 2 is 1.29 bits per heavy atom. The number of aliphatic imine (C=N–C) groups is 1. The Kier molecular flexibility index (Phi) is 17.6. The fourth-order valence-electron chi connectivity index (χ4n) is 5.83. The molecule has 1 aromatic heterocycles. The molecule has 0 aliphatic carbocycles. The molecule has 6 atom stereocenters. The Morgan fingerprint density at radius 1 is 0.729 bits per heavy atom. The molecule has 0 bridgehead atoms. The molecular formula is C38H53N11O10. The molecule has 2 aromatic carbocycles. The van der Waals surface area contributed by atoms with Crippen LogP contribution in [-0.2, 0) is 46.4 Å². The lowest BCUT2D eigenvalue weighted by atomic mass is 10.0. The number of phenolic OH excluding ortho intramolecular Hbond substituents is 1. The van der Waals surface area contributed by atoms with E-state index in [0.29, 0.717) is 22.0 Å². The number of aliphatic carboxylic acids is 1. The number of H-pyrrole nitrogens is 1. The number of aromatic amines is 1. The second-order valence-corrected chi connectivity index (χ2v) is 14.1. The van der Waals surface area contributed by atoms with Gasteiger partial charge in [-0.2, -0.15) is 0 Å². The SMILES string of the molecule is CC(C)[C@H](N)C(=O)N[C@@H](CO)C(=O)N[C@@H](CCCN=C(N)N)C(=O)N[C@@H](CC(N)=O)C(=O)N[C@@H](Cc1c[nH]c2ccccc12)C(=O)N[C@@H](Cc1ccc(O)cc1)C(=O)O. The predicted molar refractivity (Wildman–Crippen MR) is 215 cm³/mol. The minimum absolute atomic E-state index is 0.0191. The van der Waals surface area contributed by atoms with Crippen molar-refractivity contribution in [2.75, 3.05) is 13.2 Å². The number of nitrogens with two attached hydrogens (primary N) is 4. The number of carbonyl (C=O) groups is 7. The van der Waals surface area contributed by atoms with Gasteiger partial charge in [-0.3, -0.25) is 33.8 Å². The number of nitrogens with zero attached hydrogens (tertiary/aromatic N) is 1. The summed E-state index contributed by atoms with van der Waals surface area (Å²) in [6.45, 7) is 2.51. The quantitative estimate of drug-likeness (QED) is 0.0259. The largest absolute Gasteiger partial charge is 0.508 e. The highest BCUT2D eigenvalue weighted by Gasteiger charge is 2.34. The number of aliphatic hydroxyl groups is 1. The van der Waals surface area contributed by atoms with E-state index >= 15 is 0 Å². The molecule has 6 amide bonds. The van der Waals surface area contributed by atoms with Crippen LogP contribution in [0.25, 0.3) is 10.9 Å². The van der Waals surface area contributed by atoms with E-state index in [4.69, 9.17) is 22.9 Å². The lowest BCUT2D eigenvalue weighted by molar-refractivity contribution is -0.142. The van der Waals surface area contributed by atoms with E-state index in [-0.39, 0.29) is 49.9 Å². The van der Waals surface area contributed by atoms with Gasteiger partial charge < -0.3 is 69.8 Å². The minimum Gasteiger partial charge on any atom is -0.508 e. The van der Waals surface area contributed by atoms with Gasteiger partial charge in [-0.25, -0.2) is 4.79 Å². The number of guanidine groups is 1. The van der Waals surface area contributed by atoms with Crippen molar-refractivity contribution in [1.82, 2.24) is 31.6 Å². The highest BCUT2D eigenvalue weighted by atomic mass is 16.4. The van der Waals surface area contributed by atoms with Crippen LogP contribution in [0.1, 0.15) is 44.2 Å². The zero-order chi connectivity index (χ0) is 43.8. The number of nitrogens with one attached hydrogen (secondary N) is 6. The summed E-state index contributed by atoms with van der Waals surface area (Å²) in [5.41, 5.74) is 23.9. The normalized spacial score (nSPS) is 14.1. The summed E-state index contributed by atoms with van der Waals surface area (Å²) in [7, 11) is 0. The summed E-state index contributed by atoms with van der Waals surface area (Å²) in [5.74, 6) is -7.70. The molecule has 3 aromatic rings. The van der Waals surface area contributed by atoms with Crippen molar-refractivity contribution in [3.8, 4) is 5.75 Å². The number of phenols is 1. The van der Waals surface area contributed by atoms with E-state index in [1.807, 2.05) is 0 Å². The summed E-state index contributed by atoms with van der Waals surface area (Å²) >= 11 is 0. The molecule has 3 rings (SSSR count). The van der Waals surface area contributed by atoms with Crippen LogP contribution in [-0.4, -0.2) is 117 Å². The molecule has 0 spiro atoms. The van der Waals surface area contributed by atoms with Crippen LogP contribution in [0.3, 0.4) is 0 Å². The molecule has 0 aliphatic heterocycles. The standard InChI is InChI=1S/C38H53N11O10/c1-19(2)31(40)36(57)49-29(18-50)35(56)45-25(8-5-13-43-38(41)42)32(53)47-27(16-30(39)52)34(55)46-26(15-21-17-44-24-7-4-3-6-23(21)24)33(54)48-28(37(58)59)14-20-9-11-22(51)12-10-20/h3-4,6-7,9-12,17,19,25-29,31,44,50-51H,5,8,13-16,18,40H2,1-2H3,(H2,39,52)(H,45,56)(H,46,55)(H,47,53)(H,48,54)(H,49,57)(H,58,59)(H4,41,42,43)/t25-,26-,27-,28-,29-,31-/m0/s1. The van der Waals surface area contributed by atoms with E-state index in [2.05, 4.69) is 36.6 Å². The fraction of sp³-hybridized carbons (Fsp3) is 0.421. The highest BCUT2D eigenvalue weighted by molar-refractivity contribution is 5.98. The molecule has 0 radical (unpaired) electrons. The van der Waals surface area contributed by atoms with E-state index in [9.17, 15) is 48.9 Å². The molecule has 0 aliphatic rings. The van der Waals surface area contributed by atoms with Crippen molar-refractivity contribution in [3.63, 3.8) is 0 Å². The molecule has 0 unspecified atom stereocenters. The van der Waals surface area contributed by atoms with Crippen molar-refractivity contribution in [1.29, 1.82) is 0 Å². The summed E-state index contributed by atoms with van der Waals surface area (Å²) in [6.07, 6.45) is 0.451. The van der Waals surface area contributed by atoms with Gasteiger partial charge in [0, 0.05) is 36.5 Å². The van der Waals surface area contributed by atoms with Gasteiger partial charge in [0.25, 0.3) is 0 Å². The van der Waals surface area contributed by atoms with Crippen molar-refractivity contribution < 1.29 is 48.9 Å². The number of primary amides is 1. The maximum atomic E-state index is 14.0. The smallest absolute Gasteiger partial charge is 0.326 e. The zero-order valence-corrected chi connectivity index (χ0v) is 32.6. The van der Waals surface area contributed by atoms with Crippen LogP contribution in [0.2, 0.25) is 0 Å². The number of para-hydroxylation sites is 1. The van der Waals surface area contributed by atoms with Gasteiger partial charge >= 0.3 is 5.97 Å². The zero-order valence-electron chi connectivity index (χ0n) is 32.6. The number of hydrogen-bond donors (Lipinski definition) is 13. The Labute approximate surface area is 339 Å². The number of aliphatic hydroxyl groups excluding tert-OH is 1. The average molecular weight is 824 g/mol. The first kappa shape index (κ1) is 46.6. The van der Waals surface area contributed by atoms with E-state index in [1.165, 1.54) is 24.3 Å². The maximum absolute atomic E-state index is 14.0. The van der Waals surface area contributed by atoms with Crippen LogP contribution in [0.4, 0.5) is 0 Å². The predicted octanol–water partition coefficient (Wildman–Crippen LogP) is -2.93. The van der Waals surface area contributed by atoms with Gasteiger partial charge in [-0.1, -0.05) is 44.2 Å². The summed E-state index contributed by atoms with van der Waals surface area (Å²) in [6, 6.07) is 4.11. The van der Waals surface area contributed by atoms with Crippen LogP contribution >= 0.6 is 0 Å². The first-order chi connectivity index (χ1) is 27.9. The third kappa shape index (κ3) is 14.6. The molecule has 0 fully saturated rings. The van der Waals surface area contributed by atoms with Crippen LogP contribution in [0.5, 0.6) is 5.75 Å². The van der Waals surface area contributed by atoms with Crippen LogP contribution < -0.4 is 49.5 Å². The molecule has 21 heteroatoms. The molecule has 0 saturated carbocycles. The third-order valence-corrected chi connectivity index (χ3v) is 9.18.